The van der Waals surface area contributed by atoms with E-state index >= 15 is 0 Å². The highest BCUT2D eigenvalue weighted by Gasteiger charge is 2.22. The van der Waals surface area contributed by atoms with Crippen molar-refractivity contribution in [2.45, 2.75) is 31.1 Å². The van der Waals surface area contributed by atoms with E-state index in [1.165, 1.54) is 4.88 Å². The van der Waals surface area contributed by atoms with Crippen molar-refractivity contribution in [3.63, 3.8) is 0 Å². The zero-order chi connectivity index (χ0) is 19.9. The summed E-state index contributed by atoms with van der Waals surface area (Å²) in [5.41, 5.74) is 1.01. The Hall–Kier alpha value is -1.17. The van der Waals surface area contributed by atoms with Crippen LogP contribution in [0.3, 0.4) is 0 Å². The van der Waals surface area contributed by atoms with Gasteiger partial charge in [0.15, 0.2) is 5.96 Å². The third-order valence-electron chi connectivity index (χ3n) is 4.15. The first-order valence-corrected chi connectivity index (χ1v) is 11.2. The van der Waals surface area contributed by atoms with Crippen LogP contribution in [0.15, 0.2) is 51.7 Å². The SMILES string of the molecule is CN=C(NCCNS(=O)(=O)c1ccc(C)cc1)NCC(C)(C)c1cccs1.I. The van der Waals surface area contributed by atoms with E-state index in [-0.39, 0.29) is 40.8 Å². The van der Waals surface area contributed by atoms with Crippen molar-refractivity contribution in [1.29, 1.82) is 0 Å². The third-order valence-corrected chi connectivity index (χ3v) is 6.86. The van der Waals surface area contributed by atoms with Gasteiger partial charge >= 0.3 is 0 Å². The lowest BCUT2D eigenvalue weighted by atomic mass is 9.91. The molecular formula is C19H29IN4O2S2. The summed E-state index contributed by atoms with van der Waals surface area (Å²) in [6.07, 6.45) is 0. The van der Waals surface area contributed by atoms with Crippen molar-refractivity contribution in [2.75, 3.05) is 26.7 Å². The lowest BCUT2D eigenvalue weighted by Gasteiger charge is -2.25. The summed E-state index contributed by atoms with van der Waals surface area (Å²) in [4.78, 5) is 5.77. The van der Waals surface area contributed by atoms with Crippen molar-refractivity contribution in [2.24, 2.45) is 4.99 Å². The second kappa shape index (κ2) is 11.1. The Morgan fingerprint density at radius 3 is 2.36 bits per heavy atom. The number of rotatable bonds is 8. The molecule has 3 N–H and O–H groups in total. The predicted octanol–water partition coefficient (Wildman–Crippen LogP) is 3.10. The first kappa shape index (κ1) is 24.9. The molecule has 0 aliphatic rings. The zero-order valence-corrected chi connectivity index (χ0v) is 20.6. The van der Waals surface area contributed by atoms with Gasteiger partial charge in [0.2, 0.25) is 10.0 Å². The maximum Gasteiger partial charge on any atom is 0.240 e. The van der Waals surface area contributed by atoms with E-state index in [0.717, 1.165) is 12.1 Å². The van der Waals surface area contributed by atoms with Crippen LogP contribution in [0.1, 0.15) is 24.3 Å². The summed E-state index contributed by atoms with van der Waals surface area (Å²) in [5.74, 6) is 0.647. The zero-order valence-electron chi connectivity index (χ0n) is 16.7. The molecule has 156 valence electrons. The Morgan fingerprint density at radius 1 is 1.11 bits per heavy atom. The Kier molecular flexibility index (Phi) is 9.88. The maximum atomic E-state index is 12.3. The molecule has 0 spiro atoms. The van der Waals surface area contributed by atoms with Gasteiger partial charge in [-0.05, 0) is 30.5 Å². The lowest BCUT2D eigenvalue weighted by molar-refractivity contribution is 0.518. The fraction of sp³-hybridized carbons (Fsp3) is 0.421. The molecule has 0 fully saturated rings. The number of guanidine groups is 1. The first-order chi connectivity index (χ1) is 12.7. The van der Waals surface area contributed by atoms with Crippen LogP contribution in [-0.4, -0.2) is 41.1 Å². The molecule has 9 heteroatoms. The Labute approximate surface area is 189 Å². The van der Waals surface area contributed by atoms with Crippen LogP contribution in [0.25, 0.3) is 0 Å². The molecule has 2 rings (SSSR count). The van der Waals surface area contributed by atoms with Crippen molar-refractivity contribution < 1.29 is 8.42 Å². The summed E-state index contributed by atoms with van der Waals surface area (Å²) in [6.45, 7) is 7.70. The molecule has 0 saturated carbocycles. The minimum atomic E-state index is -3.50. The fourth-order valence-corrected chi connectivity index (χ4v) is 4.33. The summed E-state index contributed by atoms with van der Waals surface area (Å²) in [6, 6.07) is 11.0. The van der Waals surface area contributed by atoms with Crippen LogP contribution >= 0.6 is 35.3 Å². The minimum Gasteiger partial charge on any atom is -0.356 e. The molecule has 0 amide bonds. The highest BCUT2D eigenvalue weighted by molar-refractivity contribution is 14.0. The number of sulfonamides is 1. The number of halogens is 1. The van der Waals surface area contributed by atoms with Crippen molar-refractivity contribution >= 4 is 51.3 Å². The van der Waals surface area contributed by atoms with Gasteiger partial charge in [-0.15, -0.1) is 35.3 Å². The monoisotopic (exact) mass is 536 g/mol. The molecule has 1 heterocycles. The van der Waals surface area contributed by atoms with Crippen LogP contribution in [-0.2, 0) is 15.4 Å². The summed E-state index contributed by atoms with van der Waals surface area (Å²) < 4.78 is 27.1. The van der Waals surface area contributed by atoms with Crippen LogP contribution in [0.2, 0.25) is 0 Å². The van der Waals surface area contributed by atoms with Crippen molar-refractivity contribution in [3.05, 3.63) is 52.2 Å². The van der Waals surface area contributed by atoms with Gasteiger partial charge in [-0.3, -0.25) is 4.99 Å². The average molecular weight is 537 g/mol. The smallest absolute Gasteiger partial charge is 0.240 e. The molecule has 1 aromatic heterocycles. The van der Waals surface area contributed by atoms with Gasteiger partial charge in [0.25, 0.3) is 0 Å². The number of hydrogen-bond donors (Lipinski definition) is 3. The summed E-state index contributed by atoms with van der Waals surface area (Å²) in [5, 5.41) is 8.51. The molecular weight excluding hydrogens is 507 g/mol. The van der Waals surface area contributed by atoms with Gasteiger partial charge < -0.3 is 10.6 Å². The largest absolute Gasteiger partial charge is 0.356 e. The van der Waals surface area contributed by atoms with Gasteiger partial charge in [-0.1, -0.05) is 37.6 Å². The van der Waals surface area contributed by atoms with Gasteiger partial charge in [0, 0.05) is 37.0 Å². The van der Waals surface area contributed by atoms with Crippen LogP contribution in [0.5, 0.6) is 0 Å². The molecule has 2 aromatic rings. The standard InChI is InChI=1S/C19H28N4O2S2.HI/c1-15-7-9-16(10-8-15)27(24,25)23-12-11-21-18(20-4)22-14-19(2,3)17-6-5-13-26-17;/h5-10,13,23H,11-12,14H2,1-4H3,(H2,20,21,22);1H. The molecule has 0 aliphatic carbocycles. The molecule has 0 unspecified atom stereocenters. The van der Waals surface area contributed by atoms with Crippen molar-refractivity contribution in [3.8, 4) is 0 Å². The molecule has 1 aromatic carbocycles. The Bertz CT molecular complexity index is 849. The van der Waals surface area contributed by atoms with E-state index in [9.17, 15) is 8.42 Å². The number of nitrogens with zero attached hydrogens (tertiary/aromatic N) is 1. The second-order valence-corrected chi connectivity index (χ2v) is 9.64. The highest BCUT2D eigenvalue weighted by atomic mass is 127. The first-order valence-electron chi connectivity index (χ1n) is 8.79. The normalized spacial score (nSPS) is 12.4. The quantitative estimate of drug-likeness (QED) is 0.210. The molecule has 6 nitrogen and oxygen atoms in total. The van der Waals surface area contributed by atoms with E-state index in [1.807, 2.05) is 6.92 Å². The van der Waals surface area contributed by atoms with E-state index in [1.54, 1.807) is 42.6 Å². The van der Waals surface area contributed by atoms with Gasteiger partial charge in [0.1, 0.15) is 0 Å². The maximum absolute atomic E-state index is 12.3. The van der Waals surface area contributed by atoms with Crippen LogP contribution < -0.4 is 15.4 Å². The molecule has 0 atom stereocenters. The highest BCUT2D eigenvalue weighted by Crippen LogP contribution is 2.26. The molecule has 0 saturated heterocycles. The van der Waals surface area contributed by atoms with E-state index in [0.29, 0.717) is 12.5 Å². The number of aliphatic imine (C=N–C) groups is 1. The summed E-state index contributed by atoms with van der Waals surface area (Å²) >= 11 is 1.74. The van der Waals surface area contributed by atoms with Crippen molar-refractivity contribution in [1.82, 2.24) is 15.4 Å². The van der Waals surface area contributed by atoms with E-state index in [2.05, 4.69) is 51.7 Å². The number of thiophene rings is 1. The molecule has 0 aliphatic heterocycles. The number of nitrogens with one attached hydrogen (secondary N) is 3. The minimum absolute atomic E-state index is 0. The lowest BCUT2D eigenvalue weighted by Crippen LogP contribution is -2.45. The van der Waals surface area contributed by atoms with E-state index in [4.69, 9.17) is 0 Å². The van der Waals surface area contributed by atoms with E-state index < -0.39 is 10.0 Å². The molecule has 0 radical (unpaired) electrons. The van der Waals surface area contributed by atoms with Gasteiger partial charge in [0.05, 0.1) is 4.90 Å². The molecule has 28 heavy (non-hydrogen) atoms. The Balaban J connectivity index is 0.00000392. The Morgan fingerprint density at radius 2 is 1.79 bits per heavy atom. The predicted molar refractivity (Wildman–Crippen MR) is 128 cm³/mol. The van der Waals surface area contributed by atoms with Gasteiger partial charge in [-0.25, -0.2) is 13.1 Å². The van der Waals surface area contributed by atoms with Crippen LogP contribution in [0, 0.1) is 6.92 Å². The van der Waals surface area contributed by atoms with Crippen LogP contribution in [0.4, 0.5) is 0 Å². The number of benzene rings is 1. The second-order valence-electron chi connectivity index (χ2n) is 6.92. The number of hydrogen-bond acceptors (Lipinski definition) is 4. The van der Waals surface area contributed by atoms with Gasteiger partial charge in [-0.2, -0.15) is 0 Å². The number of aryl methyl sites for hydroxylation is 1. The fourth-order valence-electron chi connectivity index (χ4n) is 2.44. The third kappa shape index (κ3) is 7.34. The summed E-state index contributed by atoms with van der Waals surface area (Å²) in [7, 11) is -1.80. The topological polar surface area (TPSA) is 82.6 Å². The molecule has 0 bridgehead atoms. The average Bonchev–Trinajstić information content (AvgIpc) is 3.17.